The highest BCUT2D eigenvalue weighted by molar-refractivity contribution is 5.94. The first kappa shape index (κ1) is 32.9. The first-order chi connectivity index (χ1) is 17.8. The maximum absolute atomic E-state index is 14.0. The second-order valence-corrected chi connectivity index (χ2v) is 10.9. The van der Waals surface area contributed by atoms with E-state index >= 15 is 0 Å². The molecular formula is C29H48N4O5. The fourth-order valence-electron chi connectivity index (χ4n) is 4.25. The van der Waals surface area contributed by atoms with E-state index in [9.17, 15) is 19.2 Å². The lowest BCUT2D eigenvalue weighted by molar-refractivity contribution is -0.143. The van der Waals surface area contributed by atoms with E-state index < -0.39 is 42.0 Å². The van der Waals surface area contributed by atoms with Gasteiger partial charge in [-0.25, -0.2) is 4.79 Å². The van der Waals surface area contributed by atoms with Gasteiger partial charge in [0.25, 0.3) is 0 Å². The van der Waals surface area contributed by atoms with Gasteiger partial charge < -0.3 is 26.0 Å². The van der Waals surface area contributed by atoms with Crippen LogP contribution in [0.4, 0.5) is 4.79 Å². The molecule has 2 unspecified atom stereocenters. The largest absolute Gasteiger partial charge is 0.444 e. The fourth-order valence-corrected chi connectivity index (χ4v) is 4.25. The number of rotatable bonds is 15. The van der Waals surface area contributed by atoms with E-state index in [1.165, 1.54) is 4.90 Å². The van der Waals surface area contributed by atoms with Crippen LogP contribution in [0.25, 0.3) is 0 Å². The molecule has 0 aromatic heterocycles. The molecule has 1 aromatic carbocycles. The van der Waals surface area contributed by atoms with Crippen molar-refractivity contribution in [3.8, 4) is 0 Å². The van der Waals surface area contributed by atoms with Crippen molar-refractivity contribution in [2.75, 3.05) is 13.1 Å². The van der Waals surface area contributed by atoms with Gasteiger partial charge in [-0.05, 0) is 53.0 Å². The number of nitrogens with two attached hydrogens (primary N) is 1. The monoisotopic (exact) mass is 532 g/mol. The number of nitrogens with zero attached hydrogens (tertiary/aromatic N) is 1. The van der Waals surface area contributed by atoms with E-state index in [0.29, 0.717) is 18.5 Å². The van der Waals surface area contributed by atoms with Gasteiger partial charge in [0.2, 0.25) is 17.7 Å². The number of carbonyl (C=O) groups excluding carboxylic acids is 4. The van der Waals surface area contributed by atoms with Gasteiger partial charge in [0.05, 0.1) is 6.42 Å². The molecule has 9 heteroatoms. The Morgan fingerprint density at radius 1 is 0.947 bits per heavy atom. The minimum atomic E-state index is -1.27. The molecule has 1 rings (SSSR count). The van der Waals surface area contributed by atoms with Gasteiger partial charge in [0.15, 0.2) is 0 Å². The predicted octanol–water partition coefficient (Wildman–Crippen LogP) is 4.44. The number of aryl methyl sites for hydroxylation is 2. The Balaban J connectivity index is 3.52. The topological polar surface area (TPSA) is 131 Å². The summed E-state index contributed by atoms with van der Waals surface area (Å²) in [6, 6.07) is 3.59. The highest BCUT2D eigenvalue weighted by atomic mass is 16.6. The van der Waals surface area contributed by atoms with Crippen molar-refractivity contribution < 1.29 is 23.9 Å². The lowest BCUT2D eigenvalue weighted by Crippen LogP contribution is -2.54. The van der Waals surface area contributed by atoms with Crippen molar-refractivity contribution in [2.45, 2.75) is 111 Å². The van der Waals surface area contributed by atoms with Crippen LogP contribution in [0.1, 0.15) is 102 Å². The van der Waals surface area contributed by atoms with Gasteiger partial charge in [-0.1, -0.05) is 68.9 Å². The molecule has 0 bridgehead atoms. The normalized spacial score (nSPS) is 12.8. The Labute approximate surface area is 228 Å². The zero-order valence-corrected chi connectivity index (χ0v) is 24.3. The third-order valence-electron chi connectivity index (χ3n) is 5.88. The average molecular weight is 533 g/mol. The molecule has 0 heterocycles. The van der Waals surface area contributed by atoms with Crippen LogP contribution in [-0.4, -0.2) is 53.4 Å². The SMILES string of the molecule is CCCCCCN(C(=O)C(CC(N)=O)NC(=O)OC(C)(C)C)C(C(=O)NCCCC)c1cc(C)cc(C)c1. The Morgan fingerprint density at radius 3 is 2.08 bits per heavy atom. The van der Waals surface area contributed by atoms with E-state index in [-0.39, 0.29) is 12.5 Å². The minimum Gasteiger partial charge on any atom is -0.444 e. The number of nitrogens with one attached hydrogen (secondary N) is 2. The van der Waals surface area contributed by atoms with Crippen molar-refractivity contribution in [2.24, 2.45) is 5.73 Å². The van der Waals surface area contributed by atoms with Crippen molar-refractivity contribution in [1.82, 2.24) is 15.5 Å². The highest BCUT2D eigenvalue weighted by Crippen LogP contribution is 2.26. The molecule has 2 atom stereocenters. The summed E-state index contributed by atoms with van der Waals surface area (Å²) in [5.41, 5.74) is 7.26. The molecule has 4 N–H and O–H groups in total. The van der Waals surface area contributed by atoms with E-state index in [1.54, 1.807) is 20.8 Å². The van der Waals surface area contributed by atoms with E-state index in [4.69, 9.17) is 10.5 Å². The molecule has 38 heavy (non-hydrogen) atoms. The van der Waals surface area contributed by atoms with Crippen LogP contribution in [-0.2, 0) is 19.1 Å². The second kappa shape index (κ2) is 16.0. The number of amides is 4. The summed E-state index contributed by atoms with van der Waals surface area (Å²) in [4.78, 5) is 53.6. The molecule has 0 radical (unpaired) electrons. The van der Waals surface area contributed by atoms with Crippen LogP contribution in [0.2, 0.25) is 0 Å². The molecule has 0 saturated heterocycles. The lowest BCUT2D eigenvalue weighted by Gasteiger charge is -2.34. The van der Waals surface area contributed by atoms with E-state index in [1.807, 2.05) is 39.0 Å². The third-order valence-corrected chi connectivity index (χ3v) is 5.88. The summed E-state index contributed by atoms with van der Waals surface area (Å²) >= 11 is 0. The number of hydrogen-bond donors (Lipinski definition) is 3. The van der Waals surface area contributed by atoms with Crippen LogP contribution in [0.3, 0.4) is 0 Å². The molecule has 9 nitrogen and oxygen atoms in total. The van der Waals surface area contributed by atoms with Crippen LogP contribution < -0.4 is 16.4 Å². The van der Waals surface area contributed by atoms with E-state index in [2.05, 4.69) is 17.6 Å². The van der Waals surface area contributed by atoms with E-state index in [0.717, 1.165) is 43.2 Å². The number of hydrogen-bond acceptors (Lipinski definition) is 5. The third kappa shape index (κ3) is 12.0. The molecular weight excluding hydrogens is 484 g/mol. The zero-order valence-electron chi connectivity index (χ0n) is 24.3. The van der Waals surface area contributed by atoms with Crippen molar-refractivity contribution in [3.05, 3.63) is 34.9 Å². The number of primary amides is 1. The summed E-state index contributed by atoms with van der Waals surface area (Å²) < 4.78 is 5.33. The Bertz CT molecular complexity index is 921. The van der Waals surface area contributed by atoms with Gasteiger partial charge in [0.1, 0.15) is 17.7 Å². The minimum absolute atomic E-state index is 0.281. The summed E-state index contributed by atoms with van der Waals surface area (Å²) in [6.45, 7) is 13.9. The number of carbonyl (C=O) groups is 4. The summed E-state index contributed by atoms with van der Waals surface area (Å²) in [7, 11) is 0. The molecule has 0 saturated carbocycles. The van der Waals surface area contributed by atoms with Crippen LogP contribution in [0.5, 0.6) is 0 Å². The van der Waals surface area contributed by atoms with Crippen molar-refractivity contribution >= 4 is 23.8 Å². The first-order valence-corrected chi connectivity index (χ1v) is 13.7. The van der Waals surface area contributed by atoms with Crippen LogP contribution >= 0.6 is 0 Å². The Hall–Kier alpha value is -3.10. The standard InChI is InChI=1S/C29H48N4O5/c1-8-10-12-13-15-33(27(36)23(19-24(30)34)32-28(37)38-29(5,6)7)25(26(35)31-14-11-9-2)22-17-20(3)16-21(4)18-22/h16-18,23,25H,8-15,19H2,1-7H3,(H2,30,34)(H,31,35)(H,32,37). The molecule has 214 valence electrons. The number of unbranched alkanes of at least 4 members (excludes halogenated alkanes) is 4. The van der Waals surface area contributed by atoms with Crippen molar-refractivity contribution in [3.63, 3.8) is 0 Å². The van der Waals surface area contributed by atoms with Gasteiger partial charge >= 0.3 is 6.09 Å². The van der Waals surface area contributed by atoms with Gasteiger partial charge in [-0.3, -0.25) is 14.4 Å². The number of ether oxygens (including phenoxy) is 1. The molecule has 0 aliphatic heterocycles. The maximum Gasteiger partial charge on any atom is 0.408 e. The summed E-state index contributed by atoms with van der Waals surface area (Å²) in [5, 5.41) is 5.50. The Kier molecular flexibility index (Phi) is 13.9. The molecule has 0 aliphatic carbocycles. The lowest BCUT2D eigenvalue weighted by atomic mass is 9.97. The summed E-state index contributed by atoms with van der Waals surface area (Å²) in [5.74, 6) is -1.61. The van der Waals surface area contributed by atoms with Gasteiger partial charge in [0, 0.05) is 13.1 Å². The predicted molar refractivity (Wildman–Crippen MR) is 149 cm³/mol. The summed E-state index contributed by atoms with van der Waals surface area (Å²) in [6.07, 6.45) is 4.00. The fraction of sp³-hybridized carbons (Fsp3) is 0.655. The number of alkyl carbamates (subject to hydrolysis) is 1. The molecule has 0 spiro atoms. The Morgan fingerprint density at radius 2 is 1.55 bits per heavy atom. The smallest absolute Gasteiger partial charge is 0.408 e. The molecule has 0 aliphatic rings. The first-order valence-electron chi connectivity index (χ1n) is 13.7. The number of benzene rings is 1. The maximum atomic E-state index is 14.0. The zero-order chi connectivity index (χ0) is 28.9. The van der Waals surface area contributed by atoms with Crippen LogP contribution in [0.15, 0.2) is 18.2 Å². The van der Waals surface area contributed by atoms with Crippen LogP contribution in [0, 0.1) is 13.8 Å². The molecule has 1 aromatic rings. The quantitative estimate of drug-likeness (QED) is 0.288. The molecule has 4 amide bonds. The highest BCUT2D eigenvalue weighted by Gasteiger charge is 2.36. The second-order valence-electron chi connectivity index (χ2n) is 10.9. The molecule has 0 fully saturated rings. The van der Waals surface area contributed by atoms with Gasteiger partial charge in [-0.15, -0.1) is 0 Å². The van der Waals surface area contributed by atoms with Crippen molar-refractivity contribution in [1.29, 1.82) is 0 Å². The average Bonchev–Trinajstić information content (AvgIpc) is 2.78. The van der Waals surface area contributed by atoms with Gasteiger partial charge in [-0.2, -0.15) is 0 Å².